The number of thioether (sulfide) groups is 1. The maximum absolute atomic E-state index is 11.0. The molecule has 2 N–H and O–H groups in total. The number of imidazole rings is 1. The van der Waals surface area contributed by atoms with Gasteiger partial charge in [-0.1, -0.05) is 11.8 Å². The Morgan fingerprint density at radius 3 is 3.07 bits per heavy atom. The lowest BCUT2D eigenvalue weighted by molar-refractivity contribution is -0.141. The number of nitrogens with zero attached hydrogens (tertiary/aromatic N) is 2. The van der Waals surface area contributed by atoms with E-state index < -0.39 is 12.0 Å². The SMILES string of the molecule is COC(=O)[C@@H](N)CSc1nccn1C. The standard InChI is InChI=1S/C8H13N3O2S/c1-11-4-3-10-8(11)14-5-6(9)7(12)13-2/h3-4,6H,5,9H2,1-2H3/t6-/m0/s1. The predicted octanol–water partition coefficient (Wildman–Crippen LogP) is 0.0125. The molecule has 78 valence electrons. The van der Waals surface area contributed by atoms with Crippen molar-refractivity contribution < 1.29 is 9.53 Å². The summed E-state index contributed by atoms with van der Waals surface area (Å²) in [6, 6.07) is -0.596. The van der Waals surface area contributed by atoms with Crippen LogP contribution in [0.1, 0.15) is 0 Å². The molecule has 1 aromatic heterocycles. The molecular weight excluding hydrogens is 202 g/mol. The molecular formula is C8H13N3O2S. The molecule has 0 aliphatic rings. The third-order valence-corrected chi connectivity index (χ3v) is 2.85. The zero-order chi connectivity index (χ0) is 10.6. The van der Waals surface area contributed by atoms with Crippen LogP contribution >= 0.6 is 11.8 Å². The number of carbonyl (C=O) groups is 1. The first-order chi connectivity index (χ1) is 6.65. The summed E-state index contributed by atoms with van der Waals surface area (Å²) in [5.41, 5.74) is 5.56. The molecule has 14 heavy (non-hydrogen) atoms. The fraction of sp³-hybridized carbons (Fsp3) is 0.500. The number of methoxy groups -OCH3 is 1. The number of ether oxygens (including phenoxy) is 1. The quantitative estimate of drug-likeness (QED) is 0.566. The zero-order valence-electron chi connectivity index (χ0n) is 8.14. The number of rotatable bonds is 4. The van der Waals surface area contributed by atoms with Crippen molar-refractivity contribution in [2.75, 3.05) is 12.9 Å². The van der Waals surface area contributed by atoms with Gasteiger partial charge in [0.15, 0.2) is 5.16 Å². The van der Waals surface area contributed by atoms with E-state index >= 15 is 0 Å². The number of carbonyl (C=O) groups excluding carboxylic acids is 1. The van der Waals surface area contributed by atoms with Crippen LogP contribution in [0.4, 0.5) is 0 Å². The van der Waals surface area contributed by atoms with Crippen LogP contribution in [0.25, 0.3) is 0 Å². The molecule has 5 nitrogen and oxygen atoms in total. The van der Waals surface area contributed by atoms with Crippen molar-refractivity contribution in [3.63, 3.8) is 0 Å². The number of esters is 1. The molecule has 6 heteroatoms. The molecule has 0 spiro atoms. The van der Waals surface area contributed by atoms with Crippen LogP contribution in [0.2, 0.25) is 0 Å². The molecule has 0 aliphatic heterocycles. The van der Waals surface area contributed by atoms with Crippen LogP contribution in [0.3, 0.4) is 0 Å². The molecule has 0 aliphatic carbocycles. The maximum atomic E-state index is 11.0. The van der Waals surface area contributed by atoms with E-state index in [1.54, 1.807) is 6.20 Å². The Kier molecular flexibility index (Phi) is 3.97. The minimum absolute atomic E-state index is 0.397. The second-order valence-corrected chi connectivity index (χ2v) is 3.75. The molecule has 0 fully saturated rings. The summed E-state index contributed by atoms with van der Waals surface area (Å²) in [4.78, 5) is 15.1. The first kappa shape index (κ1) is 11.1. The zero-order valence-corrected chi connectivity index (χ0v) is 8.95. The van der Waals surface area contributed by atoms with E-state index in [2.05, 4.69) is 9.72 Å². The summed E-state index contributed by atoms with van der Waals surface area (Å²) in [5, 5.41) is 0.837. The molecule has 1 rings (SSSR count). The second kappa shape index (κ2) is 5.02. The normalized spacial score (nSPS) is 12.5. The first-order valence-electron chi connectivity index (χ1n) is 4.08. The summed E-state index contributed by atoms with van der Waals surface area (Å²) in [6.07, 6.45) is 3.54. The Morgan fingerprint density at radius 2 is 2.57 bits per heavy atom. The predicted molar refractivity (Wildman–Crippen MR) is 53.9 cm³/mol. The molecule has 0 unspecified atom stereocenters. The number of aromatic nitrogens is 2. The van der Waals surface area contributed by atoms with Gasteiger partial charge in [-0.05, 0) is 0 Å². The van der Waals surface area contributed by atoms with Gasteiger partial charge in [-0.15, -0.1) is 0 Å². The molecule has 1 heterocycles. The Hall–Kier alpha value is -1.01. The minimum Gasteiger partial charge on any atom is -0.468 e. The van der Waals surface area contributed by atoms with Crippen molar-refractivity contribution in [2.45, 2.75) is 11.2 Å². The van der Waals surface area contributed by atoms with Gasteiger partial charge in [0.2, 0.25) is 0 Å². The van der Waals surface area contributed by atoms with Crippen molar-refractivity contribution in [1.29, 1.82) is 0 Å². The van der Waals surface area contributed by atoms with Crippen molar-refractivity contribution in [3.8, 4) is 0 Å². The van der Waals surface area contributed by atoms with Gasteiger partial charge in [0.25, 0.3) is 0 Å². The van der Waals surface area contributed by atoms with Gasteiger partial charge in [-0.2, -0.15) is 0 Å². The lowest BCUT2D eigenvalue weighted by Gasteiger charge is -2.07. The minimum atomic E-state index is -0.596. The van der Waals surface area contributed by atoms with Crippen LogP contribution in [-0.2, 0) is 16.6 Å². The topological polar surface area (TPSA) is 70.1 Å². The molecule has 0 bridgehead atoms. The van der Waals surface area contributed by atoms with Gasteiger partial charge >= 0.3 is 5.97 Å². The third-order valence-electron chi connectivity index (χ3n) is 1.67. The van der Waals surface area contributed by atoms with Crippen molar-refractivity contribution >= 4 is 17.7 Å². The molecule has 0 saturated heterocycles. The Balaban J connectivity index is 2.41. The molecule has 1 atom stereocenters. The number of hydrogen-bond donors (Lipinski definition) is 1. The van der Waals surface area contributed by atoms with E-state index in [0.29, 0.717) is 5.75 Å². The smallest absolute Gasteiger partial charge is 0.323 e. The fourth-order valence-corrected chi connectivity index (χ4v) is 1.74. The Bertz CT molecular complexity index is 313. The average molecular weight is 215 g/mol. The molecule has 1 aromatic rings. The van der Waals surface area contributed by atoms with Gasteiger partial charge in [-0.3, -0.25) is 4.79 Å². The van der Waals surface area contributed by atoms with Crippen molar-refractivity contribution in [1.82, 2.24) is 9.55 Å². The van der Waals surface area contributed by atoms with Crippen LogP contribution < -0.4 is 5.73 Å². The Labute approximate surface area is 86.6 Å². The van der Waals surface area contributed by atoms with Gasteiger partial charge in [0.1, 0.15) is 6.04 Å². The highest BCUT2D eigenvalue weighted by Crippen LogP contribution is 2.14. The van der Waals surface area contributed by atoms with Gasteiger partial charge < -0.3 is 15.0 Å². The third kappa shape index (κ3) is 2.74. The number of nitrogens with two attached hydrogens (primary N) is 1. The van der Waals surface area contributed by atoms with E-state index in [4.69, 9.17) is 5.73 Å². The lowest BCUT2D eigenvalue weighted by atomic mass is 10.4. The Morgan fingerprint density at radius 1 is 1.86 bits per heavy atom. The number of aryl methyl sites for hydroxylation is 1. The summed E-state index contributed by atoms with van der Waals surface area (Å²) in [5.74, 6) is 0.0732. The first-order valence-corrected chi connectivity index (χ1v) is 5.07. The lowest BCUT2D eigenvalue weighted by Crippen LogP contribution is -2.33. The summed E-state index contributed by atoms with van der Waals surface area (Å²) in [7, 11) is 3.21. The van der Waals surface area contributed by atoms with Crippen molar-refractivity contribution in [2.24, 2.45) is 12.8 Å². The van der Waals surface area contributed by atoms with E-state index in [1.165, 1.54) is 18.9 Å². The highest BCUT2D eigenvalue weighted by atomic mass is 32.2. The molecule has 0 aromatic carbocycles. The summed E-state index contributed by atoms with van der Waals surface area (Å²) in [6.45, 7) is 0. The van der Waals surface area contributed by atoms with E-state index in [9.17, 15) is 4.79 Å². The van der Waals surface area contributed by atoms with Gasteiger partial charge in [-0.25, -0.2) is 4.98 Å². The maximum Gasteiger partial charge on any atom is 0.323 e. The molecule has 0 radical (unpaired) electrons. The van der Waals surface area contributed by atoms with Crippen LogP contribution in [-0.4, -0.2) is 34.4 Å². The van der Waals surface area contributed by atoms with E-state index in [1.807, 2.05) is 17.8 Å². The van der Waals surface area contributed by atoms with Crippen LogP contribution in [0, 0.1) is 0 Å². The van der Waals surface area contributed by atoms with Gasteiger partial charge in [0, 0.05) is 25.2 Å². The monoisotopic (exact) mass is 215 g/mol. The highest BCUT2D eigenvalue weighted by Gasteiger charge is 2.14. The highest BCUT2D eigenvalue weighted by molar-refractivity contribution is 7.99. The van der Waals surface area contributed by atoms with Gasteiger partial charge in [0.05, 0.1) is 7.11 Å². The second-order valence-electron chi connectivity index (χ2n) is 2.76. The largest absolute Gasteiger partial charge is 0.468 e. The molecule has 0 amide bonds. The average Bonchev–Trinajstić information content (AvgIpc) is 2.59. The summed E-state index contributed by atoms with van der Waals surface area (Å²) >= 11 is 1.43. The van der Waals surface area contributed by atoms with Crippen molar-refractivity contribution in [3.05, 3.63) is 12.4 Å². The van der Waals surface area contributed by atoms with Crippen LogP contribution in [0.15, 0.2) is 17.6 Å². The summed E-state index contributed by atoms with van der Waals surface area (Å²) < 4.78 is 6.38. The van der Waals surface area contributed by atoms with Crippen LogP contribution in [0.5, 0.6) is 0 Å². The fourth-order valence-electron chi connectivity index (χ4n) is 0.875. The molecule has 0 saturated carbocycles. The number of hydrogen-bond acceptors (Lipinski definition) is 5. The van der Waals surface area contributed by atoms with E-state index in [0.717, 1.165) is 5.16 Å². The van der Waals surface area contributed by atoms with E-state index in [-0.39, 0.29) is 0 Å².